The Morgan fingerprint density at radius 2 is 1.86 bits per heavy atom. The molecule has 0 bridgehead atoms. The Hall–Kier alpha value is -0.940. The average Bonchev–Trinajstić information content (AvgIpc) is 2.85. The summed E-state index contributed by atoms with van der Waals surface area (Å²) in [6.07, 6.45) is 0.463. The lowest BCUT2D eigenvalue weighted by molar-refractivity contribution is -0.142. The number of aliphatic hydroxyl groups excluding tert-OH is 1. The van der Waals surface area contributed by atoms with Crippen LogP contribution in [-0.4, -0.2) is 41.5 Å². The fourth-order valence-corrected chi connectivity index (χ4v) is 2.26. The number of carbonyl (C=O) groups excluding carboxylic acids is 2. The number of nitrogens with zero attached hydrogens (tertiary/aromatic N) is 1. The van der Waals surface area contributed by atoms with Crippen molar-refractivity contribution in [1.82, 2.24) is 4.90 Å². The Bertz CT molecular complexity index is 257. The molecule has 14 heavy (non-hydrogen) atoms. The molecule has 78 valence electrons. The molecule has 0 aromatic carbocycles. The zero-order valence-electron chi connectivity index (χ0n) is 7.85. The van der Waals surface area contributed by atoms with Gasteiger partial charge >= 0.3 is 0 Å². The Morgan fingerprint density at radius 3 is 2.29 bits per heavy atom. The van der Waals surface area contributed by atoms with Crippen molar-refractivity contribution in [2.24, 2.45) is 23.5 Å². The Balaban J connectivity index is 1.99. The van der Waals surface area contributed by atoms with Crippen molar-refractivity contribution in [3.63, 3.8) is 0 Å². The van der Waals surface area contributed by atoms with Gasteiger partial charge in [-0.25, -0.2) is 0 Å². The molecule has 1 saturated heterocycles. The third kappa shape index (κ3) is 1.16. The summed E-state index contributed by atoms with van der Waals surface area (Å²) in [5, 5.41) is 8.61. The molecule has 0 aromatic rings. The van der Waals surface area contributed by atoms with E-state index in [1.54, 1.807) is 0 Å². The highest BCUT2D eigenvalue weighted by Gasteiger charge is 2.66. The predicted molar refractivity (Wildman–Crippen MR) is 47.9 cm³/mol. The molecule has 2 unspecified atom stereocenters. The maximum absolute atomic E-state index is 11.6. The van der Waals surface area contributed by atoms with Crippen molar-refractivity contribution in [3.05, 3.63) is 0 Å². The van der Waals surface area contributed by atoms with Crippen LogP contribution in [-0.2, 0) is 9.59 Å². The van der Waals surface area contributed by atoms with Crippen LogP contribution in [0.2, 0.25) is 0 Å². The first-order chi connectivity index (χ1) is 6.72. The van der Waals surface area contributed by atoms with Crippen LogP contribution in [0.25, 0.3) is 0 Å². The summed E-state index contributed by atoms with van der Waals surface area (Å²) in [4.78, 5) is 24.5. The Labute approximate surface area is 81.9 Å². The van der Waals surface area contributed by atoms with Crippen molar-refractivity contribution in [2.45, 2.75) is 6.42 Å². The van der Waals surface area contributed by atoms with E-state index in [4.69, 9.17) is 10.8 Å². The first kappa shape index (κ1) is 9.61. The van der Waals surface area contributed by atoms with Crippen LogP contribution in [0, 0.1) is 17.8 Å². The van der Waals surface area contributed by atoms with Crippen molar-refractivity contribution in [2.75, 3.05) is 19.7 Å². The van der Waals surface area contributed by atoms with Gasteiger partial charge in [0.15, 0.2) is 0 Å². The molecule has 2 amide bonds. The summed E-state index contributed by atoms with van der Waals surface area (Å²) in [6, 6.07) is 0. The van der Waals surface area contributed by atoms with E-state index in [2.05, 4.69) is 0 Å². The molecule has 1 heterocycles. The quantitative estimate of drug-likeness (QED) is 0.542. The number of amides is 2. The fraction of sp³-hybridized carbons (Fsp3) is 0.778. The molecule has 0 spiro atoms. The molecule has 2 aliphatic rings. The van der Waals surface area contributed by atoms with Crippen molar-refractivity contribution in [3.8, 4) is 0 Å². The molecule has 1 aliphatic carbocycles. The van der Waals surface area contributed by atoms with Gasteiger partial charge in [-0.1, -0.05) is 0 Å². The van der Waals surface area contributed by atoms with Gasteiger partial charge in [0.2, 0.25) is 11.8 Å². The van der Waals surface area contributed by atoms with Crippen molar-refractivity contribution < 1.29 is 14.7 Å². The number of likely N-dealkylation sites (tertiary alicyclic amines) is 1. The average molecular weight is 198 g/mol. The molecule has 5 nitrogen and oxygen atoms in total. The molecule has 0 aromatic heterocycles. The normalized spacial score (nSPS) is 35.0. The summed E-state index contributed by atoms with van der Waals surface area (Å²) in [6.45, 7) is 0.770. The highest BCUT2D eigenvalue weighted by molar-refractivity contribution is 6.09. The first-order valence-corrected chi connectivity index (χ1v) is 4.88. The minimum absolute atomic E-state index is 0.00666. The van der Waals surface area contributed by atoms with Crippen LogP contribution in [0.1, 0.15) is 6.42 Å². The Kier molecular flexibility index (Phi) is 2.28. The molecule has 1 saturated carbocycles. The monoisotopic (exact) mass is 198 g/mol. The number of nitrogens with two attached hydrogens (primary N) is 1. The molecule has 0 radical (unpaired) electrons. The molecular weight excluding hydrogens is 184 g/mol. The van der Waals surface area contributed by atoms with Gasteiger partial charge in [0.05, 0.1) is 11.8 Å². The molecular formula is C9H14N2O3. The zero-order chi connectivity index (χ0) is 10.3. The minimum Gasteiger partial charge on any atom is -0.396 e. The highest BCUT2D eigenvalue weighted by atomic mass is 16.3. The number of rotatable bonds is 4. The van der Waals surface area contributed by atoms with E-state index in [0.29, 0.717) is 19.5 Å². The molecule has 5 heteroatoms. The van der Waals surface area contributed by atoms with E-state index < -0.39 is 0 Å². The van der Waals surface area contributed by atoms with E-state index >= 15 is 0 Å². The topological polar surface area (TPSA) is 83.6 Å². The van der Waals surface area contributed by atoms with Gasteiger partial charge in [0.1, 0.15) is 0 Å². The van der Waals surface area contributed by atoms with Gasteiger partial charge in [-0.3, -0.25) is 14.5 Å². The second-order valence-corrected chi connectivity index (χ2v) is 3.86. The number of hydrogen-bond donors (Lipinski definition) is 2. The van der Waals surface area contributed by atoms with Crippen LogP contribution >= 0.6 is 0 Å². The summed E-state index contributed by atoms with van der Waals surface area (Å²) >= 11 is 0. The highest BCUT2D eigenvalue weighted by Crippen LogP contribution is 2.52. The first-order valence-electron chi connectivity index (χ1n) is 4.88. The van der Waals surface area contributed by atoms with E-state index in [9.17, 15) is 9.59 Å². The lowest BCUT2D eigenvalue weighted by Gasteiger charge is -2.16. The maximum Gasteiger partial charge on any atom is 0.233 e. The predicted octanol–water partition coefficient (Wildman–Crippen LogP) is -1.44. The molecule has 2 rings (SSSR count). The van der Waals surface area contributed by atoms with Crippen LogP contribution in [0.4, 0.5) is 0 Å². The van der Waals surface area contributed by atoms with Gasteiger partial charge < -0.3 is 10.8 Å². The van der Waals surface area contributed by atoms with Gasteiger partial charge in [-0.05, 0) is 18.9 Å². The number of hydrogen-bond acceptors (Lipinski definition) is 4. The van der Waals surface area contributed by atoms with E-state index in [0.717, 1.165) is 0 Å². The number of piperidine rings is 1. The van der Waals surface area contributed by atoms with Crippen molar-refractivity contribution >= 4 is 11.8 Å². The minimum atomic E-state index is -0.147. The number of aliphatic hydroxyl groups is 1. The largest absolute Gasteiger partial charge is 0.396 e. The SMILES string of the molecule is NCC1C2C(=O)N(CCCO)C(=O)C12. The second kappa shape index (κ2) is 3.33. The fourth-order valence-electron chi connectivity index (χ4n) is 2.26. The number of imide groups is 1. The maximum atomic E-state index is 11.6. The smallest absolute Gasteiger partial charge is 0.233 e. The van der Waals surface area contributed by atoms with E-state index in [1.165, 1.54) is 4.90 Å². The van der Waals surface area contributed by atoms with Gasteiger partial charge in [-0.2, -0.15) is 0 Å². The number of carbonyl (C=O) groups is 2. The lowest BCUT2D eigenvalue weighted by atomic mass is 10.2. The van der Waals surface area contributed by atoms with Crippen LogP contribution in [0.15, 0.2) is 0 Å². The van der Waals surface area contributed by atoms with Gasteiger partial charge in [-0.15, -0.1) is 0 Å². The Morgan fingerprint density at radius 1 is 1.29 bits per heavy atom. The summed E-state index contributed by atoms with van der Waals surface area (Å²) in [5.74, 6) is -0.398. The van der Waals surface area contributed by atoms with Gasteiger partial charge in [0, 0.05) is 13.2 Å². The second-order valence-electron chi connectivity index (χ2n) is 3.86. The van der Waals surface area contributed by atoms with Crippen molar-refractivity contribution in [1.29, 1.82) is 0 Å². The summed E-state index contributed by atoms with van der Waals surface area (Å²) in [5.41, 5.74) is 5.43. The standard InChI is InChI=1S/C9H14N2O3/c10-4-5-6-7(5)9(14)11(8(6)13)2-1-3-12/h5-7,12H,1-4,10H2. The van der Waals surface area contributed by atoms with E-state index in [-0.39, 0.29) is 36.2 Å². The number of fused-ring (bicyclic) bond motifs is 1. The van der Waals surface area contributed by atoms with Crippen LogP contribution < -0.4 is 5.73 Å². The summed E-state index contributed by atoms with van der Waals surface area (Å²) in [7, 11) is 0. The molecule has 3 N–H and O–H groups in total. The summed E-state index contributed by atoms with van der Waals surface area (Å²) < 4.78 is 0. The third-order valence-electron chi connectivity index (χ3n) is 3.08. The van der Waals surface area contributed by atoms with Gasteiger partial charge in [0.25, 0.3) is 0 Å². The third-order valence-corrected chi connectivity index (χ3v) is 3.08. The molecule has 1 aliphatic heterocycles. The van der Waals surface area contributed by atoms with E-state index in [1.807, 2.05) is 0 Å². The zero-order valence-corrected chi connectivity index (χ0v) is 7.85. The molecule has 2 fully saturated rings. The molecule has 2 atom stereocenters. The van der Waals surface area contributed by atoms with Crippen LogP contribution in [0.5, 0.6) is 0 Å². The lowest BCUT2D eigenvalue weighted by Crippen LogP contribution is -2.36. The van der Waals surface area contributed by atoms with Crippen LogP contribution in [0.3, 0.4) is 0 Å².